The fraction of sp³-hybridized carbons (Fsp3) is 0.269. The van der Waals surface area contributed by atoms with E-state index in [1.165, 1.54) is 4.90 Å². The monoisotopic (exact) mass is 479 g/mol. The van der Waals surface area contributed by atoms with Crippen LogP contribution in [0.2, 0.25) is 5.02 Å². The van der Waals surface area contributed by atoms with Crippen molar-refractivity contribution in [2.75, 3.05) is 6.54 Å². The van der Waals surface area contributed by atoms with E-state index in [1.807, 2.05) is 24.6 Å². The van der Waals surface area contributed by atoms with Crippen molar-refractivity contribution in [3.8, 4) is 5.75 Å². The van der Waals surface area contributed by atoms with Gasteiger partial charge in [-0.1, -0.05) is 23.7 Å². The van der Waals surface area contributed by atoms with E-state index in [0.717, 1.165) is 0 Å². The zero-order valence-corrected chi connectivity index (χ0v) is 19.8. The minimum atomic E-state index is -0.743. The number of hydrogen-bond donors (Lipinski definition) is 1. The number of hydrogen-bond acceptors (Lipinski definition) is 5. The topological polar surface area (TPSA) is 84.7 Å². The molecule has 1 aliphatic rings. The van der Waals surface area contributed by atoms with Gasteiger partial charge in [0.2, 0.25) is 0 Å². The van der Waals surface area contributed by atoms with Crippen LogP contribution < -0.4 is 4.74 Å². The van der Waals surface area contributed by atoms with Gasteiger partial charge in [-0.15, -0.1) is 0 Å². The van der Waals surface area contributed by atoms with Gasteiger partial charge in [-0.05, 0) is 62.2 Å². The lowest BCUT2D eigenvalue weighted by Crippen LogP contribution is -2.31. The Morgan fingerprint density at radius 2 is 1.91 bits per heavy atom. The van der Waals surface area contributed by atoms with Crippen molar-refractivity contribution in [3.63, 3.8) is 0 Å². The third kappa shape index (κ3) is 4.99. The van der Waals surface area contributed by atoms with Crippen molar-refractivity contribution >= 4 is 29.1 Å². The summed E-state index contributed by atoms with van der Waals surface area (Å²) in [6, 6.07) is 13.1. The van der Waals surface area contributed by atoms with Crippen molar-refractivity contribution in [2.24, 2.45) is 0 Å². The predicted octanol–water partition coefficient (Wildman–Crippen LogP) is 4.84. The van der Waals surface area contributed by atoms with Crippen LogP contribution in [0.4, 0.5) is 0 Å². The number of amides is 1. The minimum Gasteiger partial charge on any atom is -0.507 e. The molecular weight excluding hydrogens is 454 g/mol. The van der Waals surface area contributed by atoms with Crippen LogP contribution in [-0.2, 0) is 16.1 Å². The van der Waals surface area contributed by atoms with E-state index in [2.05, 4.69) is 4.98 Å². The van der Waals surface area contributed by atoms with Gasteiger partial charge in [0.15, 0.2) is 0 Å². The highest BCUT2D eigenvalue weighted by atomic mass is 35.5. The first kappa shape index (κ1) is 23.6. The van der Waals surface area contributed by atoms with Crippen LogP contribution in [0.15, 0.2) is 72.8 Å². The Hall–Kier alpha value is -3.58. The summed E-state index contributed by atoms with van der Waals surface area (Å²) in [7, 11) is 0. The molecule has 0 radical (unpaired) electrons. The first-order chi connectivity index (χ1) is 16.3. The lowest BCUT2D eigenvalue weighted by molar-refractivity contribution is -0.139. The minimum absolute atomic E-state index is 0.00919. The van der Waals surface area contributed by atoms with Gasteiger partial charge in [0, 0.05) is 36.1 Å². The molecule has 0 aliphatic carbocycles. The van der Waals surface area contributed by atoms with E-state index >= 15 is 0 Å². The number of carbonyl (C=O) groups is 2. The molecule has 2 aromatic carbocycles. The largest absolute Gasteiger partial charge is 0.507 e. The predicted molar refractivity (Wildman–Crippen MR) is 130 cm³/mol. The molecule has 0 bridgehead atoms. The number of carbonyl (C=O) groups excluding carboxylic acids is 2. The van der Waals surface area contributed by atoms with Gasteiger partial charge in [0.25, 0.3) is 11.7 Å². The highest BCUT2D eigenvalue weighted by Crippen LogP contribution is 2.40. The number of rotatable bonds is 8. The van der Waals surface area contributed by atoms with E-state index in [0.29, 0.717) is 41.4 Å². The van der Waals surface area contributed by atoms with Gasteiger partial charge < -0.3 is 19.3 Å². The van der Waals surface area contributed by atoms with Gasteiger partial charge >= 0.3 is 0 Å². The normalized spacial score (nSPS) is 17.5. The maximum absolute atomic E-state index is 13.1. The van der Waals surface area contributed by atoms with Crippen LogP contribution in [0.25, 0.3) is 5.76 Å². The highest BCUT2D eigenvalue weighted by Gasteiger charge is 2.45. The number of imidazole rings is 1. The second kappa shape index (κ2) is 10.1. The fourth-order valence-electron chi connectivity index (χ4n) is 4.10. The summed E-state index contributed by atoms with van der Waals surface area (Å²) in [5.41, 5.74) is 1.14. The number of halogens is 1. The molecule has 34 heavy (non-hydrogen) atoms. The van der Waals surface area contributed by atoms with Crippen molar-refractivity contribution < 1.29 is 19.4 Å². The highest BCUT2D eigenvalue weighted by molar-refractivity contribution is 6.46. The number of benzene rings is 2. The molecular formula is C26H26ClN3O4. The number of ether oxygens (including phenoxy) is 1. The van der Waals surface area contributed by atoms with Gasteiger partial charge in [0.1, 0.15) is 11.5 Å². The molecule has 8 heteroatoms. The molecule has 4 rings (SSSR count). The molecule has 1 aliphatic heterocycles. The number of aliphatic hydroxyl groups is 1. The van der Waals surface area contributed by atoms with Crippen molar-refractivity contribution in [2.45, 2.75) is 39.0 Å². The van der Waals surface area contributed by atoms with Gasteiger partial charge in [0.05, 0.1) is 24.0 Å². The number of aryl methyl sites for hydroxylation is 1. The van der Waals surface area contributed by atoms with Crippen LogP contribution in [0, 0.1) is 0 Å². The number of aliphatic hydroxyl groups excluding tert-OH is 1. The summed E-state index contributed by atoms with van der Waals surface area (Å²) >= 11 is 6.23. The first-order valence-electron chi connectivity index (χ1n) is 11.1. The van der Waals surface area contributed by atoms with E-state index in [-0.39, 0.29) is 17.4 Å². The maximum atomic E-state index is 13.1. The molecule has 0 spiro atoms. The molecule has 1 fully saturated rings. The Kier molecular flexibility index (Phi) is 7.03. The fourth-order valence-corrected chi connectivity index (χ4v) is 4.29. The molecule has 1 unspecified atom stereocenters. The molecule has 1 atom stereocenters. The molecule has 176 valence electrons. The summed E-state index contributed by atoms with van der Waals surface area (Å²) in [4.78, 5) is 31.7. The van der Waals surface area contributed by atoms with Crippen LogP contribution in [0.1, 0.15) is 37.4 Å². The molecule has 7 nitrogen and oxygen atoms in total. The van der Waals surface area contributed by atoms with Gasteiger partial charge in [-0.2, -0.15) is 0 Å². The number of aromatic nitrogens is 2. The quantitative estimate of drug-likeness (QED) is 0.284. The SMILES string of the molecule is CC(C)Oc1ccc(/C(O)=C2\C(=O)C(=O)N(CCCn3ccnc3)C2c2cccc(Cl)c2)cc1. The smallest absolute Gasteiger partial charge is 0.295 e. The first-order valence-corrected chi connectivity index (χ1v) is 11.5. The number of nitrogens with zero attached hydrogens (tertiary/aromatic N) is 3. The third-order valence-corrected chi connectivity index (χ3v) is 5.81. The summed E-state index contributed by atoms with van der Waals surface area (Å²) in [6.07, 6.45) is 5.86. The third-order valence-electron chi connectivity index (χ3n) is 5.58. The number of likely N-dealkylation sites (tertiary alicyclic amines) is 1. The average molecular weight is 480 g/mol. The number of Topliss-reactive ketones (excluding diaryl/α,β-unsaturated/α-hetero) is 1. The average Bonchev–Trinajstić information content (AvgIpc) is 3.41. The Morgan fingerprint density at radius 3 is 2.56 bits per heavy atom. The summed E-state index contributed by atoms with van der Waals surface area (Å²) in [5.74, 6) is -0.932. The second-order valence-corrected chi connectivity index (χ2v) is 8.83. The van der Waals surface area contributed by atoms with Crippen LogP contribution >= 0.6 is 11.6 Å². The van der Waals surface area contributed by atoms with Crippen molar-refractivity contribution in [1.82, 2.24) is 14.5 Å². The van der Waals surface area contributed by atoms with Crippen LogP contribution in [-0.4, -0.2) is 43.9 Å². The van der Waals surface area contributed by atoms with E-state index < -0.39 is 17.7 Å². The zero-order valence-electron chi connectivity index (χ0n) is 19.0. The number of ketones is 1. The molecule has 1 saturated heterocycles. The van der Waals surface area contributed by atoms with E-state index in [4.69, 9.17) is 16.3 Å². The molecule has 1 aromatic heterocycles. The molecule has 1 N–H and O–H groups in total. The standard InChI is InChI=1S/C26H26ClN3O4/c1-17(2)34-21-9-7-18(8-10-21)24(31)22-23(19-5-3-6-20(27)15-19)30(26(33)25(22)32)13-4-12-29-14-11-28-16-29/h3,5-11,14-17,23,31H,4,12-13H2,1-2H3/b24-22+. The summed E-state index contributed by atoms with van der Waals surface area (Å²) in [6.45, 7) is 4.82. The molecule has 2 heterocycles. The summed E-state index contributed by atoms with van der Waals surface area (Å²) in [5, 5.41) is 11.7. The molecule has 3 aromatic rings. The molecule has 1 amide bonds. The van der Waals surface area contributed by atoms with Crippen molar-refractivity contribution in [1.29, 1.82) is 0 Å². The van der Waals surface area contributed by atoms with Crippen LogP contribution in [0.5, 0.6) is 5.75 Å². The van der Waals surface area contributed by atoms with Crippen molar-refractivity contribution in [3.05, 3.63) is 89.0 Å². The lowest BCUT2D eigenvalue weighted by Gasteiger charge is -2.25. The van der Waals surface area contributed by atoms with Gasteiger partial charge in [-0.25, -0.2) is 4.98 Å². The lowest BCUT2D eigenvalue weighted by atomic mass is 9.95. The Labute approximate surface area is 203 Å². The zero-order chi connectivity index (χ0) is 24.2. The molecule has 0 saturated carbocycles. The van der Waals surface area contributed by atoms with E-state index in [9.17, 15) is 14.7 Å². The Balaban J connectivity index is 1.70. The van der Waals surface area contributed by atoms with E-state index in [1.54, 1.807) is 61.1 Å². The second-order valence-electron chi connectivity index (χ2n) is 8.39. The Bertz CT molecular complexity index is 1200. The maximum Gasteiger partial charge on any atom is 0.295 e. The summed E-state index contributed by atoms with van der Waals surface area (Å²) < 4.78 is 7.57. The van der Waals surface area contributed by atoms with Crippen LogP contribution in [0.3, 0.4) is 0 Å². The van der Waals surface area contributed by atoms with Gasteiger partial charge in [-0.3, -0.25) is 9.59 Å². The Morgan fingerprint density at radius 1 is 1.15 bits per heavy atom.